The van der Waals surface area contributed by atoms with E-state index in [0.29, 0.717) is 9.79 Å². The lowest BCUT2D eigenvalue weighted by atomic mass is 9.87. The second kappa shape index (κ2) is 5.28. The molecule has 0 atom stereocenters. The number of nitrogens with zero attached hydrogens (tertiary/aromatic N) is 1. The number of hydrogen-bond donors (Lipinski definition) is 0. The maximum Gasteiger partial charge on any atom is 0.207 e. The lowest BCUT2D eigenvalue weighted by molar-refractivity contribution is 0.595. The van der Waals surface area contributed by atoms with E-state index in [1.165, 1.54) is 0 Å². The highest BCUT2D eigenvalue weighted by atomic mass is 32.2. The summed E-state index contributed by atoms with van der Waals surface area (Å²) in [5, 5.41) is 0. The summed E-state index contributed by atoms with van der Waals surface area (Å²) in [5.41, 5.74) is 5.89. The number of hydrogen-bond acceptors (Lipinski definition) is 3. The zero-order valence-electron chi connectivity index (χ0n) is 13.6. The molecule has 0 saturated carbocycles. The Hall–Kier alpha value is -2.46. The number of aliphatic imine (C=N–C) groups is 1. The number of benzene rings is 2. The van der Waals surface area contributed by atoms with Crippen molar-refractivity contribution in [1.82, 2.24) is 0 Å². The van der Waals surface area contributed by atoms with E-state index < -0.39 is 9.84 Å². The molecule has 24 heavy (non-hydrogen) atoms. The van der Waals surface area contributed by atoms with E-state index in [1.807, 2.05) is 44.2 Å². The van der Waals surface area contributed by atoms with Gasteiger partial charge in [-0.3, -0.25) is 4.99 Å². The Kier molecular flexibility index (Phi) is 3.32. The van der Waals surface area contributed by atoms with Crippen molar-refractivity contribution in [3.05, 3.63) is 76.5 Å². The van der Waals surface area contributed by atoms with Crippen LogP contribution in [0.3, 0.4) is 0 Å². The number of rotatable bonds is 2. The van der Waals surface area contributed by atoms with Gasteiger partial charge in [-0.25, -0.2) is 8.42 Å². The maximum absolute atomic E-state index is 13.2. The van der Waals surface area contributed by atoms with Gasteiger partial charge < -0.3 is 0 Å². The Balaban J connectivity index is 1.96. The number of allylic oxidation sites excluding steroid dienone is 3. The van der Waals surface area contributed by atoms with Gasteiger partial charge in [0.2, 0.25) is 9.84 Å². The molecule has 120 valence electrons. The van der Waals surface area contributed by atoms with Crippen LogP contribution >= 0.6 is 0 Å². The Bertz CT molecular complexity index is 1040. The van der Waals surface area contributed by atoms with Gasteiger partial charge in [0, 0.05) is 18.2 Å². The molecule has 0 amide bonds. The van der Waals surface area contributed by atoms with E-state index in [2.05, 4.69) is 4.99 Å². The standard InChI is InChI=1S/C20H17NO2S/c1-13-6-8-17(9-7-13)24(22,23)18-5-3-4-15-12-16-10-11-21-20(16)14(2)19(15)18/h3-11H,12H2,1-2H3. The molecule has 0 unspecified atom stereocenters. The number of aryl methyl sites for hydroxylation is 1. The minimum absolute atomic E-state index is 0.329. The lowest BCUT2D eigenvalue weighted by Crippen LogP contribution is -2.11. The highest BCUT2D eigenvalue weighted by molar-refractivity contribution is 7.91. The van der Waals surface area contributed by atoms with Crippen LogP contribution in [0.25, 0.3) is 5.57 Å². The fourth-order valence-corrected chi connectivity index (χ4v) is 4.94. The average molecular weight is 335 g/mol. The molecule has 0 radical (unpaired) electrons. The van der Waals surface area contributed by atoms with Crippen LogP contribution in [0.2, 0.25) is 0 Å². The molecule has 1 aliphatic carbocycles. The monoisotopic (exact) mass is 335 g/mol. The first-order valence-electron chi connectivity index (χ1n) is 7.87. The SMILES string of the molecule is CC1=C2N=CC=C2Cc2cccc(S(=O)(=O)c3ccc(C)cc3)c21. The molecule has 0 aromatic heterocycles. The van der Waals surface area contributed by atoms with Crippen LogP contribution in [0.1, 0.15) is 23.6 Å². The van der Waals surface area contributed by atoms with Crippen LogP contribution < -0.4 is 0 Å². The van der Waals surface area contributed by atoms with Gasteiger partial charge in [-0.15, -0.1) is 0 Å². The lowest BCUT2D eigenvalue weighted by Gasteiger charge is -2.22. The van der Waals surface area contributed by atoms with Gasteiger partial charge in [-0.05, 0) is 54.8 Å². The smallest absolute Gasteiger partial charge is 0.207 e. The van der Waals surface area contributed by atoms with E-state index in [1.54, 1.807) is 24.4 Å². The van der Waals surface area contributed by atoms with Crippen molar-refractivity contribution in [1.29, 1.82) is 0 Å². The second-order valence-electron chi connectivity index (χ2n) is 6.23. The van der Waals surface area contributed by atoms with Crippen molar-refractivity contribution in [3.63, 3.8) is 0 Å². The van der Waals surface area contributed by atoms with E-state index >= 15 is 0 Å². The Morgan fingerprint density at radius 2 is 1.75 bits per heavy atom. The van der Waals surface area contributed by atoms with Gasteiger partial charge >= 0.3 is 0 Å². The zero-order valence-corrected chi connectivity index (χ0v) is 14.4. The summed E-state index contributed by atoms with van der Waals surface area (Å²) in [6.45, 7) is 3.90. The molecule has 0 bridgehead atoms. The Morgan fingerprint density at radius 3 is 2.50 bits per heavy atom. The topological polar surface area (TPSA) is 46.5 Å². The highest BCUT2D eigenvalue weighted by Gasteiger charge is 2.29. The molecule has 0 spiro atoms. The predicted molar refractivity (Wildman–Crippen MR) is 95.9 cm³/mol. The van der Waals surface area contributed by atoms with Crippen LogP contribution in [0.4, 0.5) is 0 Å². The summed E-state index contributed by atoms with van der Waals surface area (Å²) < 4.78 is 26.4. The van der Waals surface area contributed by atoms with Crippen LogP contribution in [0, 0.1) is 6.92 Å². The first-order chi connectivity index (χ1) is 11.5. The second-order valence-corrected chi connectivity index (χ2v) is 8.15. The molecule has 2 aromatic carbocycles. The highest BCUT2D eigenvalue weighted by Crippen LogP contribution is 2.40. The number of sulfone groups is 1. The fourth-order valence-electron chi connectivity index (χ4n) is 3.39. The molecule has 4 heteroatoms. The maximum atomic E-state index is 13.2. The fraction of sp³-hybridized carbons (Fsp3) is 0.150. The quantitative estimate of drug-likeness (QED) is 0.828. The van der Waals surface area contributed by atoms with E-state index in [4.69, 9.17) is 0 Å². The van der Waals surface area contributed by atoms with Crippen molar-refractivity contribution in [2.24, 2.45) is 4.99 Å². The van der Waals surface area contributed by atoms with Gasteiger partial charge in [0.1, 0.15) is 0 Å². The van der Waals surface area contributed by atoms with E-state index in [-0.39, 0.29) is 0 Å². The van der Waals surface area contributed by atoms with Gasteiger partial charge in [0.05, 0.1) is 15.5 Å². The van der Waals surface area contributed by atoms with Crippen LogP contribution in [-0.2, 0) is 16.3 Å². The van der Waals surface area contributed by atoms with Gasteiger partial charge in [0.25, 0.3) is 0 Å². The molecular formula is C20H17NO2S. The summed E-state index contributed by atoms with van der Waals surface area (Å²) >= 11 is 0. The molecule has 4 rings (SSSR count). The molecule has 2 aromatic rings. The third kappa shape index (κ3) is 2.18. The predicted octanol–water partition coefficient (Wildman–Crippen LogP) is 4.13. The molecule has 3 nitrogen and oxygen atoms in total. The largest absolute Gasteiger partial charge is 0.256 e. The van der Waals surface area contributed by atoms with E-state index in [9.17, 15) is 8.42 Å². The number of fused-ring (bicyclic) bond motifs is 2. The first-order valence-corrected chi connectivity index (χ1v) is 9.35. The van der Waals surface area contributed by atoms with Crippen molar-refractivity contribution < 1.29 is 8.42 Å². The minimum Gasteiger partial charge on any atom is -0.256 e. The first kappa shape index (κ1) is 15.1. The van der Waals surface area contributed by atoms with Crippen molar-refractivity contribution >= 4 is 21.6 Å². The molecule has 1 aliphatic heterocycles. The molecule has 2 aliphatic rings. The van der Waals surface area contributed by atoms with E-state index in [0.717, 1.165) is 40.0 Å². The van der Waals surface area contributed by atoms with Gasteiger partial charge in [-0.1, -0.05) is 29.8 Å². The molecule has 0 N–H and O–H groups in total. The Morgan fingerprint density at radius 1 is 1.00 bits per heavy atom. The normalized spacial score (nSPS) is 16.0. The van der Waals surface area contributed by atoms with Crippen LogP contribution in [0.15, 0.2) is 74.6 Å². The van der Waals surface area contributed by atoms with Gasteiger partial charge in [0.15, 0.2) is 0 Å². The molecule has 1 heterocycles. The third-order valence-electron chi connectivity index (χ3n) is 4.63. The Labute approximate surface area is 142 Å². The summed E-state index contributed by atoms with van der Waals surface area (Å²) in [6.07, 6.45) is 4.51. The summed E-state index contributed by atoms with van der Waals surface area (Å²) in [6, 6.07) is 12.5. The van der Waals surface area contributed by atoms with Crippen molar-refractivity contribution in [2.45, 2.75) is 30.1 Å². The molecular weight excluding hydrogens is 318 g/mol. The van der Waals surface area contributed by atoms with Crippen molar-refractivity contribution in [2.75, 3.05) is 0 Å². The van der Waals surface area contributed by atoms with Gasteiger partial charge in [-0.2, -0.15) is 0 Å². The summed E-state index contributed by atoms with van der Waals surface area (Å²) in [7, 11) is -3.56. The average Bonchev–Trinajstić information content (AvgIpc) is 3.03. The van der Waals surface area contributed by atoms with Crippen LogP contribution in [0.5, 0.6) is 0 Å². The summed E-state index contributed by atoms with van der Waals surface area (Å²) in [5.74, 6) is 0. The third-order valence-corrected chi connectivity index (χ3v) is 6.44. The molecule has 0 saturated heterocycles. The zero-order chi connectivity index (χ0) is 16.9. The minimum atomic E-state index is -3.56. The van der Waals surface area contributed by atoms with Crippen LogP contribution in [-0.4, -0.2) is 14.6 Å². The summed E-state index contributed by atoms with van der Waals surface area (Å²) in [4.78, 5) is 5.11. The van der Waals surface area contributed by atoms with Crippen molar-refractivity contribution in [3.8, 4) is 0 Å². The molecule has 0 fully saturated rings.